The summed E-state index contributed by atoms with van der Waals surface area (Å²) in [5.74, 6) is 0.394. The van der Waals surface area contributed by atoms with Crippen LogP contribution in [0.25, 0.3) is 10.2 Å². The lowest BCUT2D eigenvalue weighted by atomic mass is 9.86. The third kappa shape index (κ3) is 3.67. The number of carbonyl (C=O) groups excluding carboxylic acids is 2. The zero-order valence-corrected chi connectivity index (χ0v) is 19.0. The van der Waals surface area contributed by atoms with Gasteiger partial charge in [0.25, 0.3) is 5.91 Å². The average Bonchev–Trinajstić information content (AvgIpc) is 3.35. The Morgan fingerprint density at radius 3 is 2.81 bits per heavy atom. The summed E-state index contributed by atoms with van der Waals surface area (Å²) >= 11 is 1.64. The van der Waals surface area contributed by atoms with E-state index in [0.29, 0.717) is 24.7 Å². The molecule has 31 heavy (non-hydrogen) atoms. The van der Waals surface area contributed by atoms with Gasteiger partial charge in [0, 0.05) is 12.6 Å². The van der Waals surface area contributed by atoms with E-state index >= 15 is 0 Å². The van der Waals surface area contributed by atoms with Gasteiger partial charge < -0.3 is 14.8 Å². The predicted octanol–water partition coefficient (Wildman–Crippen LogP) is 4.73. The molecule has 3 heterocycles. The van der Waals surface area contributed by atoms with Crippen LogP contribution in [0.4, 0.5) is 0 Å². The van der Waals surface area contributed by atoms with Crippen molar-refractivity contribution in [2.75, 3.05) is 0 Å². The molecule has 0 radical (unpaired) electrons. The first-order chi connectivity index (χ1) is 15.0. The number of carbonyl (C=O) groups is 2. The van der Waals surface area contributed by atoms with Gasteiger partial charge >= 0.3 is 0 Å². The normalized spacial score (nSPS) is 23.7. The van der Waals surface area contributed by atoms with Crippen LogP contribution in [0.5, 0.6) is 0 Å². The number of aryl methyl sites for hydroxylation is 1. The molecule has 6 heteroatoms. The van der Waals surface area contributed by atoms with Crippen LogP contribution < -0.4 is 5.32 Å². The molecule has 0 saturated heterocycles. The third-order valence-electron chi connectivity index (χ3n) is 7.08. The second-order valence-electron chi connectivity index (χ2n) is 9.06. The Labute approximate surface area is 187 Å². The lowest BCUT2D eigenvalue weighted by Gasteiger charge is -2.38. The summed E-state index contributed by atoms with van der Waals surface area (Å²) in [5.41, 5.74) is 3.96. The molecule has 1 aliphatic heterocycles. The molecule has 5 nitrogen and oxygen atoms in total. The van der Waals surface area contributed by atoms with Crippen molar-refractivity contribution >= 4 is 33.4 Å². The molecule has 1 aliphatic carbocycles. The summed E-state index contributed by atoms with van der Waals surface area (Å²) in [5, 5.41) is 5.35. The van der Waals surface area contributed by atoms with Gasteiger partial charge in [-0.1, -0.05) is 44.0 Å². The van der Waals surface area contributed by atoms with E-state index in [2.05, 4.69) is 25.2 Å². The highest BCUT2D eigenvalue weighted by atomic mass is 32.1. The fourth-order valence-corrected chi connectivity index (χ4v) is 5.92. The van der Waals surface area contributed by atoms with Crippen LogP contribution in [-0.4, -0.2) is 33.4 Å². The largest absolute Gasteiger partial charge is 0.351 e. The highest BCUT2D eigenvalue weighted by Gasteiger charge is 2.39. The third-order valence-corrected chi connectivity index (χ3v) is 7.93. The molecule has 0 bridgehead atoms. The van der Waals surface area contributed by atoms with Crippen LogP contribution in [0.15, 0.2) is 41.8 Å². The highest BCUT2D eigenvalue weighted by molar-refractivity contribution is 7.17. The lowest BCUT2D eigenvalue weighted by Crippen LogP contribution is -2.57. The van der Waals surface area contributed by atoms with Crippen molar-refractivity contribution in [2.45, 2.75) is 64.7 Å². The van der Waals surface area contributed by atoms with Crippen LogP contribution in [0.1, 0.15) is 54.2 Å². The van der Waals surface area contributed by atoms with Gasteiger partial charge in [-0.2, -0.15) is 0 Å². The summed E-state index contributed by atoms with van der Waals surface area (Å²) < 4.78 is 3.14. The number of hydrogen-bond donors (Lipinski definition) is 1. The highest BCUT2D eigenvalue weighted by Crippen LogP contribution is 2.31. The molecule has 2 aliphatic rings. The van der Waals surface area contributed by atoms with E-state index in [1.165, 1.54) is 6.42 Å². The lowest BCUT2D eigenvalue weighted by molar-refractivity contribution is -0.128. The van der Waals surface area contributed by atoms with Gasteiger partial charge in [-0.25, -0.2) is 0 Å². The number of benzene rings is 1. The molecular weight excluding hydrogens is 406 g/mol. The fraction of sp³-hybridized carbons (Fsp3) is 0.440. The van der Waals surface area contributed by atoms with Crippen molar-refractivity contribution in [3.05, 3.63) is 58.6 Å². The van der Waals surface area contributed by atoms with Crippen molar-refractivity contribution in [3.8, 4) is 0 Å². The Bertz CT molecular complexity index is 1130. The molecule has 1 N–H and O–H groups in total. The zero-order chi connectivity index (χ0) is 21.5. The minimum Gasteiger partial charge on any atom is -0.351 e. The maximum Gasteiger partial charge on any atom is 0.271 e. The molecule has 1 aromatic carbocycles. The average molecular weight is 436 g/mol. The number of amides is 2. The molecule has 162 valence electrons. The Hall–Kier alpha value is -2.60. The molecule has 0 spiro atoms. The molecule has 1 saturated carbocycles. The number of thiophene rings is 1. The maximum atomic E-state index is 13.6. The first-order valence-electron chi connectivity index (χ1n) is 11.3. The van der Waals surface area contributed by atoms with Crippen LogP contribution >= 0.6 is 11.3 Å². The van der Waals surface area contributed by atoms with Gasteiger partial charge in [-0.05, 0) is 54.3 Å². The van der Waals surface area contributed by atoms with Gasteiger partial charge in [-0.3, -0.25) is 9.59 Å². The van der Waals surface area contributed by atoms with E-state index in [4.69, 9.17) is 0 Å². The van der Waals surface area contributed by atoms with Gasteiger partial charge in [-0.15, -0.1) is 11.3 Å². The van der Waals surface area contributed by atoms with Crippen LogP contribution in [0.2, 0.25) is 0 Å². The quantitative estimate of drug-likeness (QED) is 0.644. The van der Waals surface area contributed by atoms with Crippen LogP contribution in [0.3, 0.4) is 0 Å². The number of rotatable bonds is 4. The zero-order valence-electron chi connectivity index (χ0n) is 18.1. The van der Waals surface area contributed by atoms with E-state index in [-0.39, 0.29) is 17.9 Å². The molecular formula is C25H29N3O2S. The molecule has 1 fully saturated rings. The predicted molar refractivity (Wildman–Crippen MR) is 124 cm³/mol. The summed E-state index contributed by atoms with van der Waals surface area (Å²) in [6.45, 7) is 5.23. The second-order valence-corrected chi connectivity index (χ2v) is 10.0. The van der Waals surface area contributed by atoms with Crippen molar-refractivity contribution in [2.24, 2.45) is 5.92 Å². The van der Waals surface area contributed by atoms with E-state index in [9.17, 15) is 9.59 Å². The molecule has 2 aromatic heterocycles. The molecule has 3 atom stereocenters. The number of nitrogens with zero attached hydrogens (tertiary/aromatic N) is 2. The molecule has 5 rings (SSSR count). The van der Waals surface area contributed by atoms with E-state index in [1.54, 1.807) is 16.2 Å². The van der Waals surface area contributed by atoms with Gasteiger partial charge in [0.15, 0.2) is 0 Å². The summed E-state index contributed by atoms with van der Waals surface area (Å²) in [6, 6.07) is 11.8. The maximum absolute atomic E-state index is 13.6. The van der Waals surface area contributed by atoms with Crippen LogP contribution in [-0.2, 0) is 17.9 Å². The van der Waals surface area contributed by atoms with Crippen molar-refractivity contribution in [3.63, 3.8) is 0 Å². The Morgan fingerprint density at radius 1 is 1.19 bits per heavy atom. The SMILES string of the molecule is Cc1ccccc1CN1C(=O)c2cc3sccc3n2CC1C(=O)NC1CCCCC1C. The second kappa shape index (κ2) is 8.15. The number of nitrogens with one attached hydrogen (secondary N) is 1. The summed E-state index contributed by atoms with van der Waals surface area (Å²) in [7, 11) is 0. The van der Waals surface area contributed by atoms with E-state index < -0.39 is 6.04 Å². The van der Waals surface area contributed by atoms with Crippen molar-refractivity contribution in [1.29, 1.82) is 0 Å². The fourth-order valence-electron chi connectivity index (χ4n) is 5.10. The van der Waals surface area contributed by atoms with Crippen molar-refractivity contribution < 1.29 is 9.59 Å². The number of fused-ring (bicyclic) bond motifs is 3. The minimum absolute atomic E-state index is 0.0246. The molecule has 3 unspecified atom stereocenters. The molecule has 3 aromatic rings. The Balaban J connectivity index is 1.49. The first kappa shape index (κ1) is 20.3. The monoisotopic (exact) mass is 435 g/mol. The topological polar surface area (TPSA) is 54.3 Å². The Kier molecular flexibility index (Phi) is 5.34. The smallest absolute Gasteiger partial charge is 0.271 e. The number of hydrogen-bond acceptors (Lipinski definition) is 3. The van der Waals surface area contributed by atoms with E-state index in [0.717, 1.165) is 40.6 Å². The first-order valence-corrected chi connectivity index (χ1v) is 12.1. The standard InChI is InChI=1S/C25H29N3O2S/c1-16-7-3-5-9-18(16)14-28-22(24(29)26-19-10-6-4-8-17(19)2)15-27-20-11-12-31-23(20)13-21(27)25(28)30/h3,5,7,9,11-13,17,19,22H,4,6,8,10,14-15H2,1-2H3,(H,26,29). The minimum atomic E-state index is -0.510. The van der Waals surface area contributed by atoms with Crippen LogP contribution in [0, 0.1) is 12.8 Å². The Morgan fingerprint density at radius 2 is 2.00 bits per heavy atom. The summed E-state index contributed by atoms with van der Waals surface area (Å²) in [6.07, 6.45) is 4.56. The summed E-state index contributed by atoms with van der Waals surface area (Å²) in [4.78, 5) is 28.9. The van der Waals surface area contributed by atoms with Gasteiger partial charge in [0.05, 0.1) is 16.8 Å². The van der Waals surface area contributed by atoms with Gasteiger partial charge in [0.1, 0.15) is 11.7 Å². The van der Waals surface area contributed by atoms with Crippen molar-refractivity contribution in [1.82, 2.24) is 14.8 Å². The number of aromatic nitrogens is 1. The van der Waals surface area contributed by atoms with Gasteiger partial charge in [0.2, 0.25) is 5.91 Å². The van der Waals surface area contributed by atoms with E-state index in [1.807, 2.05) is 40.3 Å². The molecule has 2 amide bonds.